The van der Waals surface area contributed by atoms with Crippen LogP contribution in [0.3, 0.4) is 0 Å². The van der Waals surface area contributed by atoms with Gasteiger partial charge < -0.3 is 24.7 Å². The second kappa shape index (κ2) is 10.4. The van der Waals surface area contributed by atoms with Gasteiger partial charge in [0, 0.05) is 31.6 Å². The first-order valence-electron chi connectivity index (χ1n) is 12.4. The highest BCUT2D eigenvalue weighted by molar-refractivity contribution is 6.13. The lowest BCUT2D eigenvalue weighted by atomic mass is 9.99. The Morgan fingerprint density at radius 1 is 1.10 bits per heavy atom. The molecule has 1 unspecified atom stereocenters. The van der Waals surface area contributed by atoms with Crippen LogP contribution in [0, 0.1) is 0 Å². The van der Waals surface area contributed by atoms with E-state index in [0.29, 0.717) is 48.4 Å². The van der Waals surface area contributed by atoms with Gasteiger partial charge in [0.25, 0.3) is 11.8 Å². The number of furan rings is 1. The molecule has 0 spiro atoms. The summed E-state index contributed by atoms with van der Waals surface area (Å²) in [6.45, 7) is 2.89. The molecule has 6 rings (SSSR count). The number of imide groups is 1. The van der Waals surface area contributed by atoms with Gasteiger partial charge in [-0.05, 0) is 36.8 Å². The topological polar surface area (TPSA) is 138 Å². The minimum absolute atomic E-state index is 0.0777. The summed E-state index contributed by atoms with van der Waals surface area (Å²) in [5.74, 6) is 2.63. The third-order valence-electron chi connectivity index (χ3n) is 6.58. The van der Waals surface area contributed by atoms with E-state index in [9.17, 15) is 14.4 Å². The zero-order valence-electron chi connectivity index (χ0n) is 21.8. The van der Waals surface area contributed by atoms with Crippen molar-refractivity contribution in [3.8, 4) is 5.75 Å². The summed E-state index contributed by atoms with van der Waals surface area (Å²) in [7, 11) is 3.40. The number of carbonyl (C=O) groups excluding carboxylic acids is 3. The number of urea groups is 1. The van der Waals surface area contributed by atoms with E-state index in [1.165, 1.54) is 0 Å². The van der Waals surface area contributed by atoms with Crippen molar-refractivity contribution in [1.29, 1.82) is 0 Å². The standard InChI is InChI=1S/C18H17N5O3.C10H11NO2/c1-18(16(24)22-17(25)23-18)13-10-11-12(26-13)6-5-8-15(20-11)21-14-7-3-2-4-9-19-14;1-11-6-7-3-4-8(13-2)5-9(7)10(11)12/h2-5,7-8,10H,6,9H2,1H3,(H,19,20,21)(H2,22,23,24,25);3-5H,6H2,1-2H3. The molecule has 1 aromatic carbocycles. The van der Waals surface area contributed by atoms with Gasteiger partial charge in [-0.25, -0.2) is 9.79 Å². The van der Waals surface area contributed by atoms with E-state index in [1.54, 1.807) is 38.1 Å². The van der Waals surface area contributed by atoms with Crippen LogP contribution in [0.25, 0.3) is 0 Å². The van der Waals surface area contributed by atoms with Crippen molar-refractivity contribution in [2.45, 2.75) is 25.4 Å². The molecule has 4 aliphatic heterocycles. The van der Waals surface area contributed by atoms with Crippen molar-refractivity contribution < 1.29 is 23.5 Å². The second-order valence-electron chi connectivity index (χ2n) is 9.38. The van der Waals surface area contributed by atoms with E-state index < -0.39 is 17.5 Å². The number of aliphatic imine (C=N–C) groups is 2. The fourth-order valence-electron chi connectivity index (χ4n) is 4.40. The van der Waals surface area contributed by atoms with Gasteiger partial charge in [-0.2, -0.15) is 0 Å². The Kier molecular flexibility index (Phi) is 6.88. The molecule has 4 aliphatic rings. The quantitative estimate of drug-likeness (QED) is 0.513. The normalized spacial score (nSPS) is 22.1. The predicted octanol–water partition coefficient (Wildman–Crippen LogP) is 3.06. The van der Waals surface area contributed by atoms with Crippen LogP contribution >= 0.6 is 0 Å². The van der Waals surface area contributed by atoms with Crippen LogP contribution in [0.2, 0.25) is 0 Å². The molecule has 39 heavy (non-hydrogen) atoms. The van der Waals surface area contributed by atoms with Crippen molar-refractivity contribution >= 4 is 35.2 Å². The number of fused-ring (bicyclic) bond motifs is 2. The zero-order valence-corrected chi connectivity index (χ0v) is 21.8. The molecular formula is C28H28N6O5. The van der Waals surface area contributed by atoms with E-state index in [-0.39, 0.29) is 5.91 Å². The minimum Gasteiger partial charge on any atom is -0.497 e. The van der Waals surface area contributed by atoms with Gasteiger partial charge in [0.1, 0.15) is 28.9 Å². The number of hydrogen-bond acceptors (Lipinski definition) is 7. The van der Waals surface area contributed by atoms with Crippen LogP contribution in [-0.4, -0.2) is 55.1 Å². The van der Waals surface area contributed by atoms with E-state index in [2.05, 4.69) is 25.9 Å². The molecule has 3 N–H and O–H groups in total. The van der Waals surface area contributed by atoms with E-state index in [4.69, 9.17) is 9.15 Å². The van der Waals surface area contributed by atoms with Crippen LogP contribution < -0.4 is 20.7 Å². The number of benzene rings is 1. The maximum absolute atomic E-state index is 12.1. The van der Waals surface area contributed by atoms with E-state index in [0.717, 1.165) is 16.9 Å². The summed E-state index contributed by atoms with van der Waals surface area (Å²) < 4.78 is 10.9. The van der Waals surface area contributed by atoms with Crippen LogP contribution in [0.15, 0.2) is 75.1 Å². The van der Waals surface area contributed by atoms with Gasteiger partial charge in [0.05, 0.1) is 19.3 Å². The van der Waals surface area contributed by atoms with Gasteiger partial charge in [0.2, 0.25) is 0 Å². The van der Waals surface area contributed by atoms with Crippen molar-refractivity contribution in [3.05, 3.63) is 83.4 Å². The van der Waals surface area contributed by atoms with Crippen LogP contribution in [0.4, 0.5) is 10.5 Å². The Hall–Kier alpha value is -4.93. The molecule has 0 bridgehead atoms. The summed E-state index contributed by atoms with van der Waals surface area (Å²) in [6, 6.07) is 6.79. The third kappa shape index (κ3) is 5.24. The fourth-order valence-corrected chi connectivity index (χ4v) is 4.40. The molecule has 1 atom stereocenters. The first kappa shape index (κ1) is 25.7. The number of rotatable bonds is 2. The number of methoxy groups -OCH3 is 1. The van der Waals surface area contributed by atoms with E-state index >= 15 is 0 Å². The zero-order chi connectivity index (χ0) is 27.6. The molecular weight excluding hydrogens is 500 g/mol. The van der Waals surface area contributed by atoms with Gasteiger partial charge >= 0.3 is 6.03 Å². The SMILES string of the molecule is CC1(c2cc3c(o2)CC=CC(=NC2=NCC=CC=C2)N3)NC(=O)NC1=O.COc1ccc2c(c1)C(=O)N(C)C2. The summed E-state index contributed by atoms with van der Waals surface area (Å²) in [4.78, 5) is 45.7. The predicted molar refractivity (Wildman–Crippen MR) is 146 cm³/mol. The lowest BCUT2D eigenvalue weighted by molar-refractivity contribution is -0.124. The minimum atomic E-state index is -1.23. The molecule has 4 amide bonds. The lowest BCUT2D eigenvalue weighted by Crippen LogP contribution is -2.40. The molecule has 2 aromatic rings. The Labute approximate surface area is 225 Å². The number of hydrogen-bond donors (Lipinski definition) is 3. The van der Waals surface area contributed by atoms with Crippen LogP contribution in [0.5, 0.6) is 5.75 Å². The molecule has 1 aromatic heterocycles. The highest BCUT2D eigenvalue weighted by Gasteiger charge is 2.46. The molecule has 11 heteroatoms. The van der Waals surface area contributed by atoms with Crippen molar-refractivity contribution in [2.24, 2.45) is 9.98 Å². The first-order chi connectivity index (χ1) is 18.8. The summed E-state index contributed by atoms with van der Waals surface area (Å²) >= 11 is 0. The Morgan fingerprint density at radius 3 is 2.72 bits per heavy atom. The molecule has 5 heterocycles. The van der Waals surface area contributed by atoms with Gasteiger partial charge in [-0.1, -0.05) is 30.4 Å². The molecule has 11 nitrogen and oxygen atoms in total. The molecule has 0 aliphatic carbocycles. The number of allylic oxidation sites excluding steroid dienone is 3. The van der Waals surface area contributed by atoms with Crippen molar-refractivity contribution in [3.63, 3.8) is 0 Å². The molecule has 1 saturated heterocycles. The maximum atomic E-state index is 12.1. The number of carbonyl (C=O) groups is 3. The number of nitrogens with zero attached hydrogens (tertiary/aromatic N) is 3. The van der Waals surface area contributed by atoms with Gasteiger partial charge in [-0.3, -0.25) is 19.9 Å². The second-order valence-corrected chi connectivity index (χ2v) is 9.38. The largest absolute Gasteiger partial charge is 0.497 e. The number of anilines is 1. The average molecular weight is 529 g/mol. The van der Waals surface area contributed by atoms with Gasteiger partial charge in [-0.15, -0.1) is 0 Å². The smallest absolute Gasteiger partial charge is 0.322 e. The first-order valence-corrected chi connectivity index (χ1v) is 12.4. The number of nitrogens with one attached hydrogen (secondary N) is 3. The monoisotopic (exact) mass is 528 g/mol. The highest BCUT2D eigenvalue weighted by Crippen LogP contribution is 2.32. The molecule has 0 saturated carbocycles. The summed E-state index contributed by atoms with van der Waals surface area (Å²) in [5, 5.41) is 8.04. The Bertz CT molecular complexity index is 1500. The van der Waals surface area contributed by atoms with Crippen molar-refractivity contribution in [2.75, 3.05) is 26.0 Å². The Morgan fingerprint density at radius 2 is 1.95 bits per heavy atom. The van der Waals surface area contributed by atoms with Crippen LogP contribution in [0.1, 0.15) is 34.4 Å². The fraction of sp³-hybridized carbons (Fsp3) is 0.250. The third-order valence-corrected chi connectivity index (χ3v) is 6.58. The highest BCUT2D eigenvalue weighted by atomic mass is 16.5. The van der Waals surface area contributed by atoms with Crippen LogP contribution in [-0.2, 0) is 23.3 Å². The van der Waals surface area contributed by atoms with E-state index in [1.807, 2.05) is 48.6 Å². The maximum Gasteiger partial charge on any atom is 0.322 e. The lowest BCUT2D eigenvalue weighted by Gasteiger charge is -2.17. The average Bonchev–Trinajstić information content (AvgIpc) is 3.37. The summed E-state index contributed by atoms with van der Waals surface area (Å²) in [5.41, 5.74) is 1.32. The number of ether oxygens (including phenoxy) is 1. The van der Waals surface area contributed by atoms with Crippen molar-refractivity contribution in [1.82, 2.24) is 15.5 Å². The summed E-state index contributed by atoms with van der Waals surface area (Å²) in [6.07, 6.45) is 11.9. The molecule has 0 radical (unpaired) electrons. The molecule has 200 valence electrons. The molecule has 1 fully saturated rings. The Balaban J connectivity index is 0.000000198. The number of amides is 4. The number of amidine groups is 2. The van der Waals surface area contributed by atoms with Gasteiger partial charge in [0.15, 0.2) is 5.54 Å².